The summed E-state index contributed by atoms with van der Waals surface area (Å²) in [5.41, 5.74) is 2.32. The van der Waals surface area contributed by atoms with Crippen LogP contribution in [-0.2, 0) is 9.53 Å². The zero-order chi connectivity index (χ0) is 24.4. The van der Waals surface area contributed by atoms with E-state index < -0.39 is 5.92 Å². The Morgan fingerprint density at radius 3 is 2.46 bits per heavy atom. The molecule has 3 heterocycles. The maximum atomic E-state index is 14.1. The SMILES string of the molecule is COCCN1C(=O)c2ccccc2[C@H](C(=O)N2CCN(c3ccc(F)cc3)CC2)[C@H]1c1cccs1. The molecular formula is C27H28FN3O3S. The summed E-state index contributed by atoms with van der Waals surface area (Å²) in [6.07, 6.45) is 0. The molecule has 8 heteroatoms. The van der Waals surface area contributed by atoms with Crippen LogP contribution < -0.4 is 4.90 Å². The van der Waals surface area contributed by atoms with Crippen LogP contribution in [0.4, 0.5) is 10.1 Å². The predicted molar refractivity (Wildman–Crippen MR) is 134 cm³/mol. The molecule has 3 aromatic rings. The third-order valence-electron chi connectivity index (χ3n) is 6.86. The molecule has 0 bridgehead atoms. The molecule has 2 aliphatic heterocycles. The Bertz CT molecular complexity index is 1180. The zero-order valence-corrected chi connectivity index (χ0v) is 20.4. The topological polar surface area (TPSA) is 53.1 Å². The third-order valence-corrected chi connectivity index (χ3v) is 7.80. The van der Waals surface area contributed by atoms with Gasteiger partial charge in [-0.15, -0.1) is 11.3 Å². The molecule has 2 aromatic carbocycles. The summed E-state index contributed by atoms with van der Waals surface area (Å²) < 4.78 is 18.6. The van der Waals surface area contributed by atoms with Crippen LogP contribution in [-0.4, -0.2) is 68.1 Å². The van der Waals surface area contributed by atoms with E-state index in [9.17, 15) is 14.0 Å². The zero-order valence-electron chi connectivity index (χ0n) is 19.6. The van der Waals surface area contributed by atoms with Crippen molar-refractivity contribution in [3.8, 4) is 0 Å². The summed E-state index contributed by atoms with van der Waals surface area (Å²) in [5.74, 6) is -0.784. The summed E-state index contributed by atoms with van der Waals surface area (Å²) in [4.78, 5) is 34.5. The quantitative estimate of drug-likeness (QED) is 0.518. The van der Waals surface area contributed by atoms with E-state index >= 15 is 0 Å². The molecule has 2 atom stereocenters. The van der Waals surface area contributed by atoms with Gasteiger partial charge in [0.1, 0.15) is 5.82 Å². The van der Waals surface area contributed by atoms with Crippen molar-refractivity contribution in [2.45, 2.75) is 12.0 Å². The van der Waals surface area contributed by atoms with Gasteiger partial charge in [-0.2, -0.15) is 0 Å². The highest BCUT2D eigenvalue weighted by molar-refractivity contribution is 7.10. The Kier molecular flexibility index (Phi) is 6.83. The fourth-order valence-electron chi connectivity index (χ4n) is 5.10. The lowest BCUT2D eigenvalue weighted by molar-refractivity contribution is -0.135. The van der Waals surface area contributed by atoms with Gasteiger partial charge in [-0.05, 0) is 47.3 Å². The molecule has 5 rings (SSSR count). The fourth-order valence-corrected chi connectivity index (χ4v) is 5.98. The van der Waals surface area contributed by atoms with Crippen LogP contribution in [0.5, 0.6) is 0 Å². The number of hydrogen-bond acceptors (Lipinski definition) is 5. The lowest BCUT2D eigenvalue weighted by Gasteiger charge is -2.44. The molecule has 2 amide bonds. The van der Waals surface area contributed by atoms with Gasteiger partial charge in [0, 0.05) is 56.0 Å². The van der Waals surface area contributed by atoms with Crippen LogP contribution >= 0.6 is 11.3 Å². The molecule has 0 aliphatic carbocycles. The second-order valence-electron chi connectivity index (χ2n) is 8.81. The van der Waals surface area contributed by atoms with Gasteiger partial charge < -0.3 is 19.4 Å². The Labute approximate surface area is 208 Å². The number of anilines is 1. The van der Waals surface area contributed by atoms with Crippen molar-refractivity contribution in [3.05, 3.63) is 87.9 Å². The van der Waals surface area contributed by atoms with Gasteiger partial charge in [0.05, 0.1) is 18.6 Å². The Morgan fingerprint density at radius 2 is 1.77 bits per heavy atom. The standard InChI is InChI=1S/C27H28FN3O3S/c1-34-17-16-31-25(23-7-4-18-35-23)24(21-5-2-3-6-22(21)26(31)32)27(33)30-14-12-29(13-15-30)20-10-8-19(28)9-11-20/h2-11,18,24-25H,12-17H2,1H3/t24-,25+/m0/s1. The number of piperazine rings is 1. The van der Waals surface area contributed by atoms with Gasteiger partial charge in [0.15, 0.2) is 0 Å². The van der Waals surface area contributed by atoms with E-state index in [2.05, 4.69) is 4.90 Å². The number of carbonyl (C=O) groups is 2. The number of amides is 2. The van der Waals surface area contributed by atoms with Gasteiger partial charge in [-0.3, -0.25) is 9.59 Å². The number of fused-ring (bicyclic) bond motifs is 1. The average molecular weight is 494 g/mol. The van der Waals surface area contributed by atoms with Crippen LogP contribution in [0.25, 0.3) is 0 Å². The van der Waals surface area contributed by atoms with Crippen LogP contribution in [0.15, 0.2) is 66.0 Å². The van der Waals surface area contributed by atoms with Gasteiger partial charge >= 0.3 is 0 Å². The van der Waals surface area contributed by atoms with Gasteiger partial charge in [-0.1, -0.05) is 24.3 Å². The van der Waals surface area contributed by atoms with Crippen molar-refractivity contribution in [3.63, 3.8) is 0 Å². The van der Waals surface area contributed by atoms with E-state index in [1.54, 1.807) is 35.5 Å². The van der Waals surface area contributed by atoms with Crippen LogP contribution in [0.1, 0.15) is 32.8 Å². The second kappa shape index (κ2) is 10.2. The molecule has 0 spiro atoms. The summed E-state index contributed by atoms with van der Waals surface area (Å²) in [5, 5.41) is 1.98. The van der Waals surface area contributed by atoms with E-state index in [-0.39, 0.29) is 23.7 Å². The van der Waals surface area contributed by atoms with Crippen molar-refractivity contribution >= 4 is 28.8 Å². The molecule has 0 unspecified atom stereocenters. The lowest BCUT2D eigenvalue weighted by atomic mass is 9.81. The van der Waals surface area contributed by atoms with E-state index in [1.165, 1.54) is 12.1 Å². The molecular weight excluding hydrogens is 465 g/mol. The number of thiophene rings is 1. The first-order chi connectivity index (χ1) is 17.1. The number of nitrogens with zero attached hydrogens (tertiary/aromatic N) is 3. The second-order valence-corrected chi connectivity index (χ2v) is 9.78. The average Bonchev–Trinajstić information content (AvgIpc) is 3.43. The van der Waals surface area contributed by atoms with Crippen molar-refractivity contribution < 1.29 is 18.7 Å². The van der Waals surface area contributed by atoms with Gasteiger partial charge in [0.25, 0.3) is 5.91 Å². The lowest BCUT2D eigenvalue weighted by Crippen LogP contribution is -2.53. The van der Waals surface area contributed by atoms with Crippen LogP contribution in [0.2, 0.25) is 0 Å². The molecule has 6 nitrogen and oxygen atoms in total. The number of methoxy groups -OCH3 is 1. The predicted octanol–water partition coefficient (Wildman–Crippen LogP) is 4.16. The smallest absolute Gasteiger partial charge is 0.254 e. The minimum Gasteiger partial charge on any atom is -0.383 e. The maximum Gasteiger partial charge on any atom is 0.254 e. The van der Waals surface area contributed by atoms with Crippen molar-refractivity contribution in [2.24, 2.45) is 0 Å². The normalized spacial score (nSPS) is 20.2. The highest BCUT2D eigenvalue weighted by Crippen LogP contribution is 2.45. The summed E-state index contributed by atoms with van der Waals surface area (Å²) in [7, 11) is 1.62. The monoisotopic (exact) mass is 493 g/mol. The molecule has 0 N–H and O–H groups in total. The number of benzene rings is 2. The van der Waals surface area contributed by atoms with Gasteiger partial charge in [-0.25, -0.2) is 4.39 Å². The van der Waals surface area contributed by atoms with E-state index in [1.807, 2.05) is 46.7 Å². The minimum atomic E-state index is -0.489. The number of hydrogen-bond donors (Lipinski definition) is 0. The molecule has 35 heavy (non-hydrogen) atoms. The Balaban J connectivity index is 1.45. The molecule has 0 saturated carbocycles. The van der Waals surface area contributed by atoms with Crippen molar-refractivity contribution in [1.82, 2.24) is 9.80 Å². The number of ether oxygens (including phenoxy) is 1. The first-order valence-corrected chi connectivity index (χ1v) is 12.7. The molecule has 0 radical (unpaired) electrons. The van der Waals surface area contributed by atoms with Crippen molar-refractivity contribution in [1.29, 1.82) is 0 Å². The fraction of sp³-hybridized carbons (Fsp3) is 0.333. The van der Waals surface area contributed by atoms with E-state index in [0.29, 0.717) is 44.9 Å². The Morgan fingerprint density at radius 1 is 1.03 bits per heavy atom. The number of rotatable bonds is 6. The Hall–Kier alpha value is -3.23. The molecule has 182 valence electrons. The molecule has 2 aliphatic rings. The number of carbonyl (C=O) groups excluding carboxylic acids is 2. The highest BCUT2D eigenvalue weighted by Gasteiger charge is 2.46. The van der Waals surface area contributed by atoms with Crippen LogP contribution in [0, 0.1) is 5.82 Å². The largest absolute Gasteiger partial charge is 0.383 e. The summed E-state index contributed by atoms with van der Waals surface area (Å²) in [6, 6.07) is 17.5. The first-order valence-electron chi connectivity index (χ1n) is 11.8. The van der Waals surface area contributed by atoms with Crippen molar-refractivity contribution in [2.75, 3.05) is 51.3 Å². The van der Waals surface area contributed by atoms with E-state index in [0.717, 1.165) is 16.1 Å². The summed E-state index contributed by atoms with van der Waals surface area (Å²) >= 11 is 1.57. The molecule has 1 fully saturated rings. The maximum absolute atomic E-state index is 14.1. The first kappa shape index (κ1) is 23.5. The third kappa shape index (κ3) is 4.56. The minimum absolute atomic E-state index is 0.0320. The van der Waals surface area contributed by atoms with Crippen LogP contribution in [0.3, 0.4) is 0 Å². The van der Waals surface area contributed by atoms with E-state index in [4.69, 9.17) is 4.74 Å². The summed E-state index contributed by atoms with van der Waals surface area (Å²) in [6.45, 7) is 3.28. The highest BCUT2D eigenvalue weighted by atomic mass is 32.1. The molecule has 1 saturated heterocycles. The molecule has 1 aromatic heterocycles. The van der Waals surface area contributed by atoms with Gasteiger partial charge in [0.2, 0.25) is 5.91 Å². The number of halogens is 1.